The van der Waals surface area contributed by atoms with Crippen LogP contribution >= 0.6 is 12.4 Å². The largest absolute Gasteiger partial charge is 0.339 e. The average Bonchev–Trinajstić information content (AvgIpc) is 3.19. The number of halogens is 1. The maximum absolute atomic E-state index is 12.3. The van der Waals surface area contributed by atoms with E-state index in [1.165, 1.54) is 12.8 Å². The summed E-state index contributed by atoms with van der Waals surface area (Å²) in [5.74, 6) is 0.811. The van der Waals surface area contributed by atoms with E-state index < -0.39 is 0 Å². The zero-order chi connectivity index (χ0) is 12.3. The topological polar surface area (TPSA) is 59.2 Å². The molecule has 1 fully saturated rings. The molecule has 4 nitrogen and oxygen atoms in total. The van der Waals surface area contributed by atoms with E-state index in [2.05, 4.69) is 4.98 Å². The molecule has 0 spiro atoms. The number of nitrogens with zero attached hydrogens (tertiary/aromatic N) is 2. The summed E-state index contributed by atoms with van der Waals surface area (Å²) in [6.45, 7) is 4.03. The highest BCUT2D eigenvalue weighted by Gasteiger charge is 2.26. The first kappa shape index (κ1) is 14.9. The number of hydrogen-bond acceptors (Lipinski definition) is 3. The fraction of sp³-hybridized carbons (Fsp3) is 0.538. The van der Waals surface area contributed by atoms with Gasteiger partial charge in [-0.15, -0.1) is 12.4 Å². The lowest BCUT2D eigenvalue weighted by Gasteiger charge is -2.20. The molecule has 0 bridgehead atoms. The van der Waals surface area contributed by atoms with E-state index in [-0.39, 0.29) is 18.3 Å². The Bertz CT molecular complexity index is 407. The predicted octanol–water partition coefficient (Wildman–Crippen LogP) is 1.83. The van der Waals surface area contributed by atoms with Crippen molar-refractivity contribution in [2.45, 2.75) is 26.3 Å². The van der Waals surface area contributed by atoms with E-state index in [9.17, 15) is 4.79 Å². The number of pyridine rings is 1. The minimum absolute atomic E-state index is 0. The van der Waals surface area contributed by atoms with E-state index in [0.717, 1.165) is 24.7 Å². The van der Waals surface area contributed by atoms with E-state index in [1.54, 1.807) is 18.3 Å². The molecule has 1 amide bonds. The van der Waals surface area contributed by atoms with Crippen molar-refractivity contribution in [1.29, 1.82) is 0 Å². The molecule has 2 N–H and O–H groups in total. The van der Waals surface area contributed by atoms with Crippen molar-refractivity contribution in [2.75, 3.05) is 13.1 Å². The maximum Gasteiger partial charge on any atom is 0.253 e. The second-order valence-corrected chi connectivity index (χ2v) is 4.53. The molecule has 1 aliphatic carbocycles. The highest BCUT2D eigenvalue weighted by Crippen LogP contribution is 2.30. The van der Waals surface area contributed by atoms with Crippen molar-refractivity contribution in [2.24, 2.45) is 11.7 Å². The van der Waals surface area contributed by atoms with Crippen LogP contribution in [0.15, 0.2) is 18.3 Å². The Morgan fingerprint density at radius 2 is 2.28 bits per heavy atom. The summed E-state index contributed by atoms with van der Waals surface area (Å²) in [4.78, 5) is 18.3. The molecule has 0 atom stereocenters. The molecule has 1 aromatic rings. The molecule has 100 valence electrons. The van der Waals surface area contributed by atoms with Gasteiger partial charge in [-0.1, -0.05) is 0 Å². The van der Waals surface area contributed by atoms with Gasteiger partial charge in [-0.2, -0.15) is 0 Å². The van der Waals surface area contributed by atoms with Crippen LogP contribution in [0.4, 0.5) is 0 Å². The van der Waals surface area contributed by atoms with Crippen molar-refractivity contribution in [3.05, 3.63) is 29.6 Å². The number of nitrogens with two attached hydrogens (primary N) is 1. The molecule has 1 saturated carbocycles. The summed E-state index contributed by atoms with van der Waals surface area (Å²) in [6, 6.07) is 3.55. The maximum atomic E-state index is 12.3. The number of aromatic nitrogens is 1. The molecule has 0 aliphatic heterocycles. The summed E-state index contributed by atoms with van der Waals surface area (Å²) in [7, 11) is 0. The number of hydrogen-bond donors (Lipinski definition) is 1. The quantitative estimate of drug-likeness (QED) is 0.887. The Hall–Kier alpha value is -1.13. The van der Waals surface area contributed by atoms with Gasteiger partial charge in [0.1, 0.15) is 0 Å². The molecule has 1 aromatic heterocycles. The highest BCUT2D eigenvalue weighted by molar-refractivity contribution is 5.94. The Morgan fingerprint density at radius 1 is 1.56 bits per heavy atom. The van der Waals surface area contributed by atoms with Gasteiger partial charge in [0.2, 0.25) is 0 Å². The first-order valence-corrected chi connectivity index (χ1v) is 6.19. The minimum Gasteiger partial charge on any atom is -0.339 e. The van der Waals surface area contributed by atoms with E-state index >= 15 is 0 Å². The number of rotatable bonds is 5. The SMILES string of the molecule is CCN(CC1CC1)C(=O)c1ccnc(CN)c1.Cl. The molecular weight excluding hydrogens is 250 g/mol. The molecule has 0 unspecified atom stereocenters. The highest BCUT2D eigenvalue weighted by atomic mass is 35.5. The van der Waals surface area contributed by atoms with Gasteiger partial charge in [-0.05, 0) is 37.8 Å². The van der Waals surface area contributed by atoms with Gasteiger partial charge in [0.05, 0.1) is 5.69 Å². The van der Waals surface area contributed by atoms with Crippen molar-refractivity contribution >= 4 is 18.3 Å². The average molecular weight is 270 g/mol. The lowest BCUT2D eigenvalue weighted by atomic mass is 10.2. The van der Waals surface area contributed by atoms with Crippen LogP contribution in [0.2, 0.25) is 0 Å². The lowest BCUT2D eigenvalue weighted by molar-refractivity contribution is 0.0756. The Morgan fingerprint density at radius 3 is 2.83 bits per heavy atom. The fourth-order valence-corrected chi connectivity index (χ4v) is 1.87. The predicted molar refractivity (Wildman–Crippen MR) is 73.7 cm³/mol. The Kier molecular flexibility index (Phi) is 5.56. The van der Waals surface area contributed by atoms with Gasteiger partial charge in [-0.25, -0.2) is 0 Å². The van der Waals surface area contributed by atoms with Crippen molar-refractivity contribution in [3.8, 4) is 0 Å². The summed E-state index contributed by atoms with van der Waals surface area (Å²) >= 11 is 0. The van der Waals surface area contributed by atoms with Crippen molar-refractivity contribution in [3.63, 3.8) is 0 Å². The van der Waals surface area contributed by atoms with Gasteiger partial charge >= 0.3 is 0 Å². The van der Waals surface area contributed by atoms with Crippen LogP contribution in [0.3, 0.4) is 0 Å². The molecule has 1 aliphatic rings. The summed E-state index contributed by atoms with van der Waals surface area (Å²) < 4.78 is 0. The second-order valence-electron chi connectivity index (χ2n) is 4.53. The molecule has 5 heteroatoms. The minimum atomic E-state index is 0. The first-order valence-electron chi connectivity index (χ1n) is 6.19. The van der Waals surface area contributed by atoms with Crippen LogP contribution in [0.5, 0.6) is 0 Å². The monoisotopic (exact) mass is 269 g/mol. The van der Waals surface area contributed by atoms with Crippen molar-refractivity contribution < 1.29 is 4.79 Å². The number of amides is 1. The van der Waals surface area contributed by atoms with E-state index in [1.807, 2.05) is 11.8 Å². The second kappa shape index (κ2) is 6.71. The molecule has 0 saturated heterocycles. The van der Waals surface area contributed by atoms with Crippen LogP contribution in [-0.4, -0.2) is 28.9 Å². The fourth-order valence-electron chi connectivity index (χ4n) is 1.87. The smallest absolute Gasteiger partial charge is 0.253 e. The van der Waals surface area contributed by atoms with Gasteiger partial charge in [0, 0.05) is 31.4 Å². The van der Waals surface area contributed by atoms with Gasteiger partial charge in [0.25, 0.3) is 5.91 Å². The van der Waals surface area contributed by atoms with Gasteiger partial charge in [-0.3, -0.25) is 9.78 Å². The Labute approximate surface area is 114 Å². The molecule has 18 heavy (non-hydrogen) atoms. The third kappa shape index (κ3) is 3.68. The lowest BCUT2D eigenvalue weighted by Crippen LogP contribution is -2.32. The number of carbonyl (C=O) groups is 1. The molecule has 1 heterocycles. The zero-order valence-corrected chi connectivity index (χ0v) is 11.4. The molecule has 2 rings (SSSR count). The number of carbonyl (C=O) groups excluding carboxylic acids is 1. The van der Waals surface area contributed by atoms with Crippen LogP contribution in [-0.2, 0) is 6.54 Å². The van der Waals surface area contributed by atoms with E-state index in [0.29, 0.717) is 12.1 Å². The summed E-state index contributed by atoms with van der Waals surface area (Å²) in [6.07, 6.45) is 4.17. The standard InChI is InChI=1S/C13H19N3O.ClH/c1-2-16(9-10-3-4-10)13(17)11-5-6-15-12(7-11)8-14;/h5-7,10H,2-4,8-9,14H2,1H3;1H. The third-order valence-corrected chi connectivity index (χ3v) is 3.12. The van der Waals surface area contributed by atoms with E-state index in [4.69, 9.17) is 5.73 Å². The van der Waals surface area contributed by atoms with Gasteiger partial charge in [0.15, 0.2) is 0 Å². The van der Waals surface area contributed by atoms with Crippen LogP contribution < -0.4 is 5.73 Å². The third-order valence-electron chi connectivity index (χ3n) is 3.12. The van der Waals surface area contributed by atoms with Gasteiger partial charge < -0.3 is 10.6 Å². The normalized spacial score (nSPS) is 13.9. The van der Waals surface area contributed by atoms with Crippen LogP contribution in [0.25, 0.3) is 0 Å². The summed E-state index contributed by atoms with van der Waals surface area (Å²) in [5.41, 5.74) is 6.99. The molecule has 0 aromatic carbocycles. The summed E-state index contributed by atoms with van der Waals surface area (Å²) in [5, 5.41) is 0. The molecular formula is C13H20ClN3O. The first-order chi connectivity index (χ1) is 8.24. The van der Waals surface area contributed by atoms with Crippen LogP contribution in [0.1, 0.15) is 35.8 Å². The van der Waals surface area contributed by atoms with Crippen molar-refractivity contribution in [1.82, 2.24) is 9.88 Å². The molecule has 0 radical (unpaired) electrons. The van der Waals surface area contributed by atoms with Crippen LogP contribution in [0, 0.1) is 5.92 Å². The Balaban J connectivity index is 0.00000162. The zero-order valence-electron chi connectivity index (χ0n) is 10.6.